The van der Waals surface area contributed by atoms with Crippen molar-refractivity contribution >= 4 is 17.6 Å². The van der Waals surface area contributed by atoms with Crippen molar-refractivity contribution in [2.45, 2.75) is 38.6 Å². The zero-order chi connectivity index (χ0) is 14.3. The monoisotopic (exact) mass is 264 g/mol. The molecule has 5 heteroatoms. The van der Waals surface area contributed by atoms with E-state index in [1.54, 1.807) is 12.1 Å². The van der Waals surface area contributed by atoms with Gasteiger partial charge in [0.1, 0.15) is 0 Å². The van der Waals surface area contributed by atoms with Crippen molar-refractivity contribution in [3.8, 4) is 0 Å². The molecule has 0 saturated carbocycles. The molecule has 0 radical (unpaired) electrons. The highest BCUT2D eigenvalue weighted by Gasteiger charge is 2.12. The molecule has 0 aliphatic carbocycles. The van der Waals surface area contributed by atoms with Crippen LogP contribution >= 0.6 is 0 Å². The van der Waals surface area contributed by atoms with Gasteiger partial charge in [-0.15, -0.1) is 0 Å². The van der Waals surface area contributed by atoms with Gasteiger partial charge in [-0.2, -0.15) is 0 Å². The Balaban J connectivity index is 2.52. The number of carbonyl (C=O) groups excluding carboxylic acids is 1. The average Bonchev–Trinajstić information content (AvgIpc) is 2.38. The lowest BCUT2D eigenvalue weighted by Gasteiger charge is -2.11. The summed E-state index contributed by atoms with van der Waals surface area (Å²) < 4.78 is 0. The first kappa shape index (κ1) is 15.2. The fraction of sp³-hybridized carbons (Fsp3) is 0.429. The van der Waals surface area contributed by atoms with Gasteiger partial charge in [-0.05, 0) is 30.5 Å². The van der Waals surface area contributed by atoms with Crippen molar-refractivity contribution in [2.24, 2.45) is 5.73 Å². The molecule has 0 saturated heterocycles. The molecule has 0 aliphatic rings. The summed E-state index contributed by atoms with van der Waals surface area (Å²) in [4.78, 5) is 22.1. The number of aliphatic carboxylic acids is 1. The lowest BCUT2D eigenvalue weighted by Crippen LogP contribution is -2.35. The van der Waals surface area contributed by atoms with Crippen LogP contribution in [0.5, 0.6) is 0 Å². The Labute approximate surface area is 112 Å². The Kier molecular flexibility index (Phi) is 6.02. The summed E-state index contributed by atoms with van der Waals surface area (Å²) >= 11 is 0. The van der Waals surface area contributed by atoms with Crippen molar-refractivity contribution in [1.29, 1.82) is 0 Å². The van der Waals surface area contributed by atoms with Gasteiger partial charge in [-0.25, -0.2) is 0 Å². The molecule has 4 N–H and O–H groups in total. The summed E-state index contributed by atoms with van der Waals surface area (Å²) in [7, 11) is 0. The molecule has 104 valence electrons. The Morgan fingerprint density at radius 3 is 2.47 bits per heavy atom. The quantitative estimate of drug-likeness (QED) is 0.699. The second-order valence-corrected chi connectivity index (χ2v) is 4.48. The number of carboxylic acid groups (broad SMARTS) is 1. The van der Waals surface area contributed by atoms with Crippen LogP contribution in [0.2, 0.25) is 0 Å². The van der Waals surface area contributed by atoms with E-state index in [1.807, 2.05) is 19.1 Å². The number of hydrogen-bond donors (Lipinski definition) is 3. The minimum atomic E-state index is -0.817. The van der Waals surface area contributed by atoms with E-state index in [0.717, 1.165) is 12.0 Å². The molecule has 1 rings (SSSR count). The number of nitrogens with two attached hydrogens (primary N) is 1. The van der Waals surface area contributed by atoms with Crippen LogP contribution in [0.1, 0.15) is 31.7 Å². The molecule has 0 unspecified atom stereocenters. The number of carbonyl (C=O) groups is 2. The van der Waals surface area contributed by atoms with Crippen molar-refractivity contribution in [1.82, 2.24) is 0 Å². The maximum absolute atomic E-state index is 11.7. The van der Waals surface area contributed by atoms with Gasteiger partial charge in [0.15, 0.2) is 0 Å². The van der Waals surface area contributed by atoms with Crippen LogP contribution in [0, 0.1) is 0 Å². The molecule has 1 aromatic rings. The highest BCUT2D eigenvalue weighted by molar-refractivity contribution is 5.94. The largest absolute Gasteiger partial charge is 0.481 e. The second-order valence-electron chi connectivity index (χ2n) is 4.48. The molecular formula is C14H20N2O3. The summed E-state index contributed by atoms with van der Waals surface area (Å²) in [6, 6.07) is 6.65. The van der Waals surface area contributed by atoms with Gasteiger partial charge in [0.25, 0.3) is 0 Å². The number of rotatable bonds is 7. The van der Waals surface area contributed by atoms with E-state index in [2.05, 4.69) is 5.32 Å². The van der Waals surface area contributed by atoms with Crippen LogP contribution in [-0.4, -0.2) is 23.0 Å². The van der Waals surface area contributed by atoms with E-state index in [1.165, 1.54) is 0 Å². The predicted octanol–water partition coefficient (Wildman–Crippen LogP) is 1.77. The number of benzene rings is 1. The Morgan fingerprint density at radius 1 is 1.32 bits per heavy atom. The van der Waals surface area contributed by atoms with Gasteiger partial charge in [-0.3, -0.25) is 9.59 Å². The van der Waals surface area contributed by atoms with Gasteiger partial charge < -0.3 is 16.2 Å². The second kappa shape index (κ2) is 7.53. The molecule has 1 atom stereocenters. The molecule has 0 aliphatic heterocycles. The number of carboxylic acids is 1. The molecule has 5 nitrogen and oxygen atoms in total. The van der Waals surface area contributed by atoms with E-state index in [-0.39, 0.29) is 12.3 Å². The lowest BCUT2D eigenvalue weighted by atomic mass is 10.1. The first-order chi connectivity index (χ1) is 9.02. The summed E-state index contributed by atoms with van der Waals surface area (Å²) in [5.41, 5.74) is 7.31. The zero-order valence-corrected chi connectivity index (χ0v) is 11.1. The Bertz CT molecular complexity index is 429. The number of anilines is 1. The van der Waals surface area contributed by atoms with Crippen molar-refractivity contribution in [3.05, 3.63) is 29.8 Å². The third kappa shape index (κ3) is 5.52. The molecule has 0 aromatic heterocycles. The maximum Gasteiger partial charge on any atom is 0.303 e. The number of amides is 1. The van der Waals surface area contributed by atoms with Crippen molar-refractivity contribution < 1.29 is 14.7 Å². The predicted molar refractivity (Wildman–Crippen MR) is 73.9 cm³/mol. The van der Waals surface area contributed by atoms with Gasteiger partial charge in [0.05, 0.1) is 6.04 Å². The average molecular weight is 264 g/mol. The summed E-state index contributed by atoms with van der Waals surface area (Å²) in [6.45, 7) is 1.98. The third-order valence-corrected chi connectivity index (χ3v) is 2.79. The van der Waals surface area contributed by atoms with E-state index in [9.17, 15) is 9.59 Å². The topological polar surface area (TPSA) is 92.4 Å². The molecule has 1 aromatic carbocycles. The van der Waals surface area contributed by atoms with Crippen molar-refractivity contribution in [2.75, 3.05) is 5.32 Å². The van der Waals surface area contributed by atoms with Gasteiger partial charge in [-0.1, -0.05) is 25.5 Å². The van der Waals surface area contributed by atoms with Crippen LogP contribution < -0.4 is 11.1 Å². The van der Waals surface area contributed by atoms with E-state index >= 15 is 0 Å². The van der Waals surface area contributed by atoms with E-state index in [4.69, 9.17) is 10.8 Å². The fourth-order valence-corrected chi connectivity index (χ4v) is 1.68. The van der Waals surface area contributed by atoms with Crippen LogP contribution in [0.3, 0.4) is 0 Å². The zero-order valence-electron chi connectivity index (χ0n) is 11.1. The minimum Gasteiger partial charge on any atom is -0.481 e. The fourth-order valence-electron chi connectivity index (χ4n) is 1.68. The molecule has 0 spiro atoms. The van der Waals surface area contributed by atoms with Crippen LogP contribution in [-0.2, 0) is 16.0 Å². The minimum absolute atomic E-state index is 0.104. The Hall–Kier alpha value is -1.88. The van der Waals surface area contributed by atoms with Gasteiger partial charge in [0, 0.05) is 12.1 Å². The van der Waals surface area contributed by atoms with E-state index in [0.29, 0.717) is 18.5 Å². The normalized spacial score (nSPS) is 11.9. The lowest BCUT2D eigenvalue weighted by molar-refractivity contribution is -0.137. The summed E-state index contributed by atoms with van der Waals surface area (Å²) in [6.07, 6.45) is 2.11. The molecule has 19 heavy (non-hydrogen) atoms. The van der Waals surface area contributed by atoms with E-state index < -0.39 is 12.0 Å². The van der Waals surface area contributed by atoms with Gasteiger partial charge >= 0.3 is 5.97 Å². The Morgan fingerprint density at radius 2 is 1.95 bits per heavy atom. The van der Waals surface area contributed by atoms with Crippen LogP contribution in [0.4, 0.5) is 5.69 Å². The molecule has 0 fully saturated rings. The number of nitrogens with one attached hydrogen (secondary N) is 1. The highest BCUT2D eigenvalue weighted by atomic mass is 16.4. The number of hydrogen-bond acceptors (Lipinski definition) is 3. The van der Waals surface area contributed by atoms with Crippen LogP contribution in [0.15, 0.2) is 24.3 Å². The molecular weight excluding hydrogens is 244 g/mol. The first-order valence-corrected chi connectivity index (χ1v) is 6.40. The smallest absolute Gasteiger partial charge is 0.303 e. The summed E-state index contributed by atoms with van der Waals surface area (Å²) in [5, 5.41) is 11.3. The van der Waals surface area contributed by atoms with Crippen molar-refractivity contribution in [3.63, 3.8) is 0 Å². The third-order valence-electron chi connectivity index (χ3n) is 2.79. The number of aryl methyl sites for hydroxylation is 1. The molecule has 0 heterocycles. The SMILES string of the molecule is CCC[C@@H](N)C(=O)Nc1ccc(CCC(=O)O)cc1. The maximum atomic E-state index is 11.7. The van der Waals surface area contributed by atoms with Gasteiger partial charge in [0.2, 0.25) is 5.91 Å². The molecule has 0 bridgehead atoms. The molecule has 1 amide bonds. The first-order valence-electron chi connectivity index (χ1n) is 6.40. The standard InChI is InChI=1S/C14H20N2O3/c1-2-3-12(15)14(19)16-11-7-4-10(5-8-11)6-9-13(17)18/h4-5,7-8,12H,2-3,6,9,15H2,1H3,(H,16,19)(H,17,18)/t12-/m1/s1. The van der Waals surface area contributed by atoms with Crippen LogP contribution in [0.25, 0.3) is 0 Å². The summed E-state index contributed by atoms with van der Waals surface area (Å²) in [5.74, 6) is -1.01. The highest BCUT2D eigenvalue weighted by Crippen LogP contribution is 2.11.